The molecular formula is C24H28ClN3O4. The zero-order valence-corrected chi connectivity index (χ0v) is 19.1. The quantitative estimate of drug-likeness (QED) is 0.566. The van der Waals surface area contributed by atoms with Crippen LogP contribution in [0, 0.1) is 0 Å². The number of nitrogens with one attached hydrogen (secondary N) is 2. The number of benzene rings is 2. The van der Waals surface area contributed by atoms with Crippen LogP contribution in [0.4, 0.5) is 5.69 Å². The molecule has 0 aliphatic heterocycles. The van der Waals surface area contributed by atoms with Crippen LogP contribution in [0.25, 0.3) is 0 Å². The normalized spacial score (nSPS) is 15.4. The maximum absolute atomic E-state index is 12.8. The average molecular weight is 458 g/mol. The highest BCUT2D eigenvalue weighted by Crippen LogP contribution is 2.36. The molecule has 2 N–H and O–H groups in total. The van der Waals surface area contributed by atoms with E-state index in [1.807, 2.05) is 24.3 Å². The van der Waals surface area contributed by atoms with Crippen molar-refractivity contribution in [3.05, 3.63) is 52.5 Å². The number of nitrogens with zero attached hydrogens (tertiary/aromatic N) is 1. The molecule has 2 saturated carbocycles. The second-order valence-electron chi connectivity index (χ2n) is 8.32. The molecule has 8 heteroatoms. The van der Waals surface area contributed by atoms with E-state index in [-0.39, 0.29) is 18.4 Å². The predicted molar refractivity (Wildman–Crippen MR) is 124 cm³/mol. The van der Waals surface area contributed by atoms with Crippen molar-refractivity contribution in [1.29, 1.82) is 0 Å². The number of anilines is 1. The summed E-state index contributed by atoms with van der Waals surface area (Å²) >= 11 is 6.15. The molecule has 2 aliphatic rings. The third-order valence-electron chi connectivity index (χ3n) is 5.67. The van der Waals surface area contributed by atoms with Gasteiger partial charge < -0.3 is 20.1 Å². The van der Waals surface area contributed by atoms with E-state index in [1.165, 1.54) is 14.2 Å². The molecule has 0 bridgehead atoms. The molecule has 2 amide bonds. The highest BCUT2D eigenvalue weighted by atomic mass is 35.5. The van der Waals surface area contributed by atoms with Crippen LogP contribution in [0.5, 0.6) is 11.5 Å². The number of carbonyl (C=O) groups excluding carboxylic acids is 2. The van der Waals surface area contributed by atoms with Crippen LogP contribution < -0.4 is 20.1 Å². The SMILES string of the molecule is COc1cc(NC(=O)CN(Cc2ccc(C(=O)NC3CC3)cc2)C2CC2)c(OC)cc1Cl. The van der Waals surface area contributed by atoms with Crippen LogP contribution in [0.15, 0.2) is 36.4 Å². The molecule has 0 saturated heterocycles. The summed E-state index contributed by atoms with van der Waals surface area (Å²) in [5.41, 5.74) is 2.25. The Morgan fingerprint density at radius 1 is 1.03 bits per heavy atom. The lowest BCUT2D eigenvalue weighted by molar-refractivity contribution is -0.117. The summed E-state index contributed by atoms with van der Waals surface area (Å²) in [5.74, 6) is 0.777. The first-order valence-corrected chi connectivity index (χ1v) is 11.2. The first kappa shape index (κ1) is 22.4. The minimum absolute atomic E-state index is 0.0233. The smallest absolute Gasteiger partial charge is 0.251 e. The fourth-order valence-electron chi connectivity index (χ4n) is 3.58. The van der Waals surface area contributed by atoms with Crippen molar-refractivity contribution < 1.29 is 19.1 Å². The molecule has 2 aromatic rings. The molecular weight excluding hydrogens is 430 g/mol. The molecule has 0 unspecified atom stereocenters. The number of ether oxygens (including phenoxy) is 2. The van der Waals surface area contributed by atoms with Gasteiger partial charge in [-0.3, -0.25) is 14.5 Å². The third kappa shape index (κ3) is 5.72. The maximum atomic E-state index is 12.8. The minimum Gasteiger partial charge on any atom is -0.495 e. The van der Waals surface area contributed by atoms with Gasteiger partial charge >= 0.3 is 0 Å². The second-order valence-corrected chi connectivity index (χ2v) is 8.72. The van der Waals surface area contributed by atoms with Gasteiger partial charge in [0.05, 0.1) is 31.5 Å². The summed E-state index contributed by atoms with van der Waals surface area (Å²) in [6.07, 6.45) is 4.29. The Bertz CT molecular complexity index is 987. The Labute approximate surface area is 193 Å². The molecule has 0 aromatic heterocycles. The molecule has 2 aliphatic carbocycles. The Kier molecular flexibility index (Phi) is 6.86. The van der Waals surface area contributed by atoms with E-state index < -0.39 is 0 Å². The van der Waals surface area contributed by atoms with Crippen LogP contribution in [-0.2, 0) is 11.3 Å². The molecule has 0 heterocycles. The molecule has 2 aromatic carbocycles. The Hall–Kier alpha value is -2.77. The van der Waals surface area contributed by atoms with Crippen molar-refractivity contribution in [3.63, 3.8) is 0 Å². The van der Waals surface area contributed by atoms with E-state index >= 15 is 0 Å². The van der Waals surface area contributed by atoms with Gasteiger partial charge in [-0.2, -0.15) is 0 Å². The lowest BCUT2D eigenvalue weighted by atomic mass is 10.1. The van der Waals surface area contributed by atoms with Gasteiger partial charge in [-0.25, -0.2) is 0 Å². The number of hydrogen-bond donors (Lipinski definition) is 2. The molecule has 0 atom stereocenters. The van der Waals surface area contributed by atoms with E-state index in [9.17, 15) is 9.59 Å². The number of amides is 2. The van der Waals surface area contributed by atoms with Gasteiger partial charge in [0.2, 0.25) is 5.91 Å². The topological polar surface area (TPSA) is 79.9 Å². The van der Waals surface area contributed by atoms with Gasteiger partial charge in [-0.15, -0.1) is 0 Å². The third-order valence-corrected chi connectivity index (χ3v) is 5.97. The zero-order valence-electron chi connectivity index (χ0n) is 18.3. The van der Waals surface area contributed by atoms with E-state index in [2.05, 4.69) is 15.5 Å². The van der Waals surface area contributed by atoms with Crippen LogP contribution in [0.2, 0.25) is 5.02 Å². The second kappa shape index (κ2) is 9.79. The van der Waals surface area contributed by atoms with E-state index in [0.29, 0.717) is 46.4 Å². The zero-order chi connectivity index (χ0) is 22.7. The van der Waals surface area contributed by atoms with Gasteiger partial charge in [-0.1, -0.05) is 23.7 Å². The summed E-state index contributed by atoms with van der Waals surface area (Å²) in [7, 11) is 3.05. The van der Waals surface area contributed by atoms with Gasteiger partial charge in [-0.05, 0) is 43.4 Å². The van der Waals surface area contributed by atoms with Gasteiger partial charge in [0.25, 0.3) is 5.91 Å². The fraction of sp³-hybridized carbons (Fsp3) is 0.417. The van der Waals surface area contributed by atoms with Gasteiger partial charge in [0.1, 0.15) is 11.5 Å². The largest absolute Gasteiger partial charge is 0.495 e. The number of carbonyl (C=O) groups is 2. The van der Waals surface area contributed by atoms with E-state index in [4.69, 9.17) is 21.1 Å². The van der Waals surface area contributed by atoms with Crippen LogP contribution in [0.1, 0.15) is 41.6 Å². The van der Waals surface area contributed by atoms with Crippen LogP contribution >= 0.6 is 11.6 Å². The molecule has 2 fully saturated rings. The Morgan fingerprint density at radius 3 is 2.31 bits per heavy atom. The van der Waals surface area contributed by atoms with Crippen molar-refractivity contribution in [3.8, 4) is 11.5 Å². The van der Waals surface area contributed by atoms with E-state index in [1.54, 1.807) is 12.1 Å². The minimum atomic E-state index is -0.139. The number of methoxy groups -OCH3 is 2. The number of halogens is 1. The lowest BCUT2D eigenvalue weighted by Gasteiger charge is -2.22. The first-order valence-electron chi connectivity index (χ1n) is 10.8. The Balaban J connectivity index is 1.38. The monoisotopic (exact) mass is 457 g/mol. The van der Waals surface area contributed by atoms with E-state index in [0.717, 1.165) is 31.2 Å². The van der Waals surface area contributed by atoms with Gasteiger partial charge in [0.15, 0.2) is 0 Å². The van der Waals surface area contributed by atoms with Crippen LogP contribution in [0.3, 0.4) is 0 Å². The number of rotatable bonds is 10. The standard InChI is InChI=1S/C24H28ClN3O4/c1-31-21-12-20(22(32-2)11-19(21)25)27-23(29)14-28(18-9-10-18)13-15-3-5-16(6-4-15)24(30)26-17-7-8-17/h3-6,11-12,17-18H,7-10,13-14H2,1-2H3,(H,26,30)(H,27,29). The first-order chi connectivity index (χ1) is 15.5. The molecule has 32 heavy (non-hydrogen) atoms. The molecule has 7 nitrogen and oxygen atoms in total. The number of hydrogen-bond acceptors (Lipinski definition) is 5. The fourth-order valence-corrected chi connectivity index (χ4v) is 3.81. The molecule has 0 spiro atoms. The van der Waals surface area contributed by atoms with Crippen molar-refractivity contribution in [2.45, 2.75) is 44.3 Å². The summed E-state index contributed by atoms with van der Waals surface area (Å²) in [6, 6.07) is 11.6. The highest BCUT2D eigenvalue weighted by Gasteiger charge is 2.30. The van der Waals surface area contributed by atoms with Crippen LogP contribution in [-0.4, -0.2) is 49.6 Å². The summed E-state index contributed by atoms with van der Waals surface area (Å²) < 4.78 is 10.6. The average Bonchev–Trinajstić information content (AvgIpc) is 3.69. The maximum Gasteiger partial charge on any atom is 0.251 e. The molecule has 4 rings (SSSR count). The highest BCUT2D eigenvalue weighted by molar-refractivity contribution is 6.32. The summed E-state index contributed by atoms with van der Waals surface area (Å²) in [6.45, 7) is 0.895. The molecule has 0 radical (unpaired) electrons. The van der Waals surface area contributed by atoms with Crippen molar-refractivity contribution in [2.24, 2.45) is 0 Å². The van der Waals surface area contributed by atoms with Crippen molar-refractivity contribution in [2.75, 3.05) is 26.1 Å². The molecule has 170 valence electrons. The summed E-state index contributed by atoms with van der Waals surface area (Å²) in [4.78, 5) is 27.2. The predicted octanol–water partition coefficient (Wildman–Crippen LogP) is 3.85. The van der Waals surface area contributed by atoms with Crippen molar-refractivity contribution in [1.82, 2.24) is 10.2 Å². The lowest BCUT2D eigenvalue weighted by Crippen LogP contribution is -2.34. The van der Waals surface area contributed by atoms with Gasteiger partial charge in [0, 0.05) is 36.3 Å². The van der Waals surface area contributed by atoms with Crippen molar-refractivity contribution >= 4 is 29.1 Å². The summed E-state index contributed by atoms with van der Waals surface area (Å²) in [5, 5.41) is 6.33. The Morgan fingerprint density at radius 2 is 1.72 bits per heavy atom.